The van der Waals surface area contributed by atoms with Crippen molar-refractivity contribution < 1.29 is 23.8 Å². The second kappa shape index (κ2) is 10.2. The van der Waals surface area contributed by atoms with Crippen LogP contribution in [0.1, 0.15) is 11.1 Å². The van der Waals surface area contributed by atoms with Crippen LogP contribution in [-0.4, -0.2) is 32.2 Å². The van der Waals surface area contributed by atoms with Crippen molar-refractivity contribution in [3.8, 4) is 16.9 Å². The number of esters is 1. The predicted molar refractivity (Wildman–Crippen MR) is 105 cm³/mol. The van der Waals surface area contributed by atoms with Crippen LogP contribution in [0.3, 0.4) is 0 Å². The number of ether oxygens (including phenoxy) is 3. The molecule has 1 N–H and O–H groups in total. The number of nitriles is 1. The molecular weight excluding hydrogens is 380 g/mol. The third-order valence-electron chi connectivity index (χ3n) is 3.71. The molecule has 2 rings (SSSR count). The molecule has 1 amide bonds. The number of carbonyl (C=O) groups excluding carboxylic acids is 2. The molecule has 0 unspecified atom stereocenters. The van der Waals surface area contributed by atoms with Gasteiger partial charge in [-0.3, -0.25) is 4.79 Å². The van der Waals surface area contributed by atoms with Crippen molar-refractivity contribution in [3.05, 3.63) is 47.5 Å². The number of nitrogens with zero attached hydrogens (tertiary/aromatic N) is 1. The molecular formula is C20H20N2O5S. The Bertz CT molecular complexity index is 885. The Morgan fingerprint density at radius 1 is 1.11 bits per heavy atom. The van der Waals surface area contributed by atoms with Crippen LogP contribution in [0.15, 0.2) is 41.3 Å². The molecule has 28 heavy (non-hydrogen) atoms. The van der Waals surface area contributed by atoms with E-state index in [0.29, 0.717) is 17.2 Å². The van der Waals surface area contributed by atoms with E-state index >= 15 is 0 Å². The lowest BCUT2D eigenvalue weighted by molar-refractivity contribution is -0.149. The average molecular weight is 400 g/mol. The minimum absolute atomic E-state index is 0.341. The van der Waals surface area contributed by atoms with Crippen molar-refractivity contribution in [1.82, 2.24) is 0 Å². The SMILES string of the molecule is COc1ccccc1OCC(=O)OCC(=O)Nc1c(C)cc(SC#N)cc1C. The second-order valence-corrected chi connectivity index (χ2v) is 6.63. The first-order valence-electron chi connectivity index (χ1n) is 8.33. The Morgan fingerprint density at radius 3 is 2.36 bits per heavy atom. The van der Waals surface area contributed by atoms with E-state index in [1.165, 1.54) is 7.11 Å². The van der Waals surface area contributed by atoms with E-state index in [1.54, 1.807) is 24.3 Å². The summed E-state index contributed by atoms with van der Waals surface area (Å²) in [5, 5.41) is 13.5. The molecule has 0 aliphatic carbocycles. The van der Waals surface area contributed by atoms with Gasteiger partial charge in [-0.05, 0) is 61.0 Å². The number of para-hydroxylation sites is 2. The maximum atomic E-state index is 12.1. The average Bonchev–Trinajstić information content (AvgIpc) is 2.68. The zero-order valence-electron chi connectivity index (χ0n) is 15.8. The van der Waals surface area contributed by atoms with E-state index in [0.717, 1.165) is 27.8 Å². The van der Waals surface area contributed by atoms with E-state index in [4.69, 9.17) is 19.5 Å². The minimum Gasteiger partial charge on any atom is -0.493 e. The molecule has 0 radical (unpaired) electrons. The highest BCUT2D eigenvalue weighted by atomic mass is 32.2. The van der Waals surface area contributed by atoms with Crippen LogP contribution in [0, 0.1) is 24.5 Å². The maximum Gasteiger partial charge on any atom is 0.344 e. The van der Waals surface area contributed by atoms with Gasteiger partial charge >= 0.3 is 5.97 Å². The number of aryl methyl sites for hydroxylation is 2. The number of carbonyl (C=O) groups is 2. The first kappa shape index (κ1) is 21.1. The fourth-order valence-corrected chi connectivity index (χ4v) is 3.05. The second-order valence-electron chi connectivity index (χ2n) is 5.77. The van der Waals surface area contributed by atoms with E-state index in [9.17, 15) is 9.59 Å². The van der Waals surface area contributed by atoms with Gasteiger partial charge in [0.1, 0.15) is 5.40 Å². The molecule has 0 atom stereocenters. The van der Waals surface area contributed by atoms with Crippen LogP contribution in [0.5, 0.6) is 11.5 Å². The zero-order chi connectivity index (χ0) is 20.5. The van der Waals surface area contributed by atoms with Crippen LogP contribution >= 0.6 is 11.8 Å². The summed E-state index contributed by atoms with van der Waals surface area (Å²) < 4.78 is 15.4. The number of hydrogen-bond donors (Lipinski definition) is 1. The number of hydrogen-bond acceptors (Lipinski definition) is 7. The van der Waals surface area contributed by atoms with Gasteiger partial charge < -0.3 is 19.5 Å². The standard InChI is InChI=1S/C20H20N2O5S/c1-13-8-15(28-12-21)9-14(2)20(13)22-18(23)10-27-19(24)11-26-17-7-5-4-6-16(17)25-3/h4-9H,10-11H2,1-3H3,(H,22,23). The van der Waals surface area contributed by atoms with Gasteiger partial charge in [-0.2, -0.15) is 5.26 Å². The van der Waals surface area contributed by atoms with Gasteiger partial charge in [-0.15, -0.1) is 0 Å². The van der Waals surface area contributed by atoms with Gasteiger partial charge in [-0.1, -0.05) is 12.1 Å². The molecule has 8 heteroatoms. The number of thiocyanates is 1. The van der Waals surface area contributed by atoms with E-state index < -0.39 is 18.5 Å². The summed E-state index contributed by atoms with van der Waals surface area (Å²) >= 11 is 1.05. The third-order valence-corrected chi connectivity index (χ3v) is 4.28. The highest BCUT2D eigenvalue weighted by Crippen LogP contribution is 2.27. The van der Waals surface area contributed by atoms with Crippen molar-refractivity contribution >= 4 is 29.3 Å². The molecule has 2 aromatic carbocycles. The first-order valence-corrected chi connectivity index (χ1v) is 9.14. The predicted octanol–water partition coefficient (Wildman–Crippen LogP) is 3.45. The van der Waals surface area contributed by atoms with Gasteiger partial charge in [0.05, 0.1) is 7.11 Å². The number of amides is 1. The largest absolute Gasteiger partial charge is 0.493 e. The molecule has 2 aromatic rings. The third kappa shape index (κ3) is 5.93. The highest BCUT2D eigenvalue weighted by molar-refractivity contribution is 8.03. The molecule has 0 bridgehead atoms. The summed E-state index contributed by atoms with van der Waals surface area (Å²) in [5.74, 6) is -0.224. The molecule has 0 fully saturated rings. The maximum absolute atomic E-state index is 12.1. The Kier molecular flexibility index (Phi) is 7.72. The molecule has 7 nitrogen and oxygen atoms in total. The van der Waals surface area contributed by atoms with Crippen LogP contribution in [0.2, 0.25) is 0 Å². The topological polar surface area (TPSA) is 97.7 Å². The number of methoxy groups -OCH3 is 1. The number of benzene rings is 2. The molecule has 0 aliphatic heterocycles. The smallest absolute Gasteiger partial charge is 0.344 e. The number of anilines is 1. The number of rotatable bonds is 8. The van der Waals surface area contributed by atoms with Gasteiger partial charge in [0.25, 0.3) is 5.91 Å². The van der Waals surface area contributed by atoms with Gasteiger partial charge in [0, 0.05) is 10.6 Å². The quantitative estimate of drug-likeness (QED) is 0.412. The van der Waals surface area contributed by atoms with E-state index in [1.807, 2.05) is 31.4 Å². The lowest BCUT2D eigenvalue weighted by Gasteiger charge is -2.13. The van der Waals surface area contributed by atoms with Crippen LogP contribution in [0.4, 0.5) is 5.69 Å². The van der Waals surface area contributed by atoms with Gasteiger partial charge in [-0.25, -0.2) is 4.79 Å². The normalized spacial score (nSPS) is 9.93. The molecule has 0 aromatic heterocycles. The van der Waals surface area contributed by atoms with E-state index in [2.05, 4.69) is 5.32 Å². The zero-order valence-corrected chi connectivity index (χ0v) is 16.6. The summed E-state index contributed by atoms with van der Waals surface area (Å²) in [7, 11) is 1.50. The van der Waals surface area contributed by atoms with Crippen LogP contribution in [0.25, 0.3) is 0 Å². The fraction of sp³-hybridized carbons (Fsp3) is 0.250. The van der Waals surface area contributed by atoms with Crippen LogP contribution < -0.4 is 14.8 Å². The highest BCUT2D eigenvalue weighted by Gasteiger charge is 2.13. The van der Waals surface area contributed by atoms with Gasteiger partial charge in [0.2, 0.25) is 0 Å². The summed E-state index contributed by atoms with van der Waals surface area (Å²) in [6.45, 7) is 2.89. The molecule has 0 saturated heterocycles. The van der Waals surface area contributed by atoms with Crippen molar-refractivity contribution in [2.24, 2.45) is 0 Å². The first-order chi connectivity index (χ1) is 13.4. The summed E-state index contributed by atoms with van der Waals surface area (Å²) in [6, 6.07) is 10.5. The van der Waals surface area contributed by atoms with Crippen molar-refractivity contribution in [2.75, 3.05) is 25.6 Å². The fourth-order valence-electron chi connectivity index (χ4n) is 2.47. The number of nitrogens with one attached hydrogen (secondary N) is 1. The Labute approximate surface area is 167 Å². The van der Waals surface area contributed by atoms with Crippen molar-refractivity contribution in [3.63, 3.8) is 0 Å². The molecule has 0 spiro atoms. The minimum atomic E-state index is -0.671. The molecule has 0 aliphatic rings. The summed E-state index contributed by atoms with van der Waals surface area (Å²) in [5.41, 5.74) is 2.27. The molecule has 146 valence electrons. The van der Waals surface area contributed by atoms with Crippen molar-refractivity contribution in [1.29, 1.82) is 5.26 Å². The summed E-state index contributed by atoms with van der Waals surface area (Å²) in [6.07, 6.45) is 0. The molecule has 0 heterocycles. The Morgan fingerprint density at radius 2 is 1.75 bits per heavy atom. The van der Waals surface area contributed by atoms with Crippen molar-refractivity contribution in [2.45, 2.75) is 18.7 Å². The summed E-state index contributed by atoms with van der Waals surface area (Å²) in [4.78, 5) is 24.7. The molecule has 0 saturated carbocycles. The Balaban J connectivity index is 1.85. The lowest BCUT2D eigenvalue weighted by atomic mass is 10.1. The number of thioether (sulfide) groups is 1. The Hall–Kier alpha value is -3.18. The van der Waals surface area contributed by atoms with E-state index in [-0.39, 0.29) is 6.61 Å². The van der Waals surface area contributed by atoms with Gasteiger partial charge in [0.15, 0.2) is 24.7 Å². The monoisotopic (exact) mass is 400 g/mol. The lowest BCUT2D eigenvalue weighted by Crippen LogP contribution is -2.24. The van der Waals surface area contributed by atoms with Crippen LogP contribution in [-0.2, 0) is 14.3 Å².